The van der Waals surface area contributed by atoms with Gasteiger partial charge in [-0.15, -0.1) is 12.4 Å². The molecule has 3 rings (SSSR count). The lowest BCUT2D eigenvalue weighted by Crippen LogP contribution is -2.42. The van der Waals surface area contributed by atoms with Gasteiger partial charge in [-0.05, 0) is 50.6 Å². The first-order valence-corrected chi connectivity index (χ1v) is 8.76. The summed E-state index contributed by atoms with van der Waals surface area (Å²) in [4.78, 5) is 28.2. The molecule has 25 heavy (non-hydrogen) atoms. The Morgan fingerprint density at radius 3 is 2.88 bits per heavy atom. The molecule has 1 unspecified atom stereocenters. The van der Waals surface area contributed by atoms with Crippen LogP contribution in [0.5, 0.6) is 0 Å². The Morgan fingerprint density at radius 2 is 2.20 bits per heavy atom. The van der Waals surface area contributed by atoms with Crippen molar-refractivity contribution in [3.8, 4) is 0 Å². The molecule has 0 radical (unpaired) electrons. The third-order valence-electron chi connectivity index (χ3n) is 4.64. The summed E-state index contributed by atoms with van der Waals surface area (Å²) in [6.45, 7) is 3.61. The molecule has 1 atom stereocenters. The van der Waals surface area contributed by atoms with Crippen molar-refractivity contribution in [2.24, 2.45) is 5.92 Å². The van der Waals surface area contributed by atoms with E-state index in [-0.39, 0.29) is 24.3 Å². The van der Waals surface area contributed by atoms with Gasteiger partial charge < -0.3 is 15.5 Å². The van der Waals surface area contributed by atoms with E-state index in [1.807, 2.05) is 11.9 Å². The molecular weight excluding hydrogens is 363 g/mol. The maximum absolute atomic E-state index is 12.9. The number of hydrogen-bond donors (Lipinski definition) is 2. The molecule has 2 N–H and O–H groups in total. The van der Waals surface area contributed by atoms with Crippen molar-refractivity contribution < 1.29 is 9.59 Å². The van der Waals surface area contributed by atoms with Gasteiger partial charge in [0.25, 0.3) is 5.91 Å². The zero-order chi connectivity index (χ0) is 17.1. The standard InChI is InChI=1S/C17H23ClN4O2.ClH/c1-19-10-12-3-2-7-21(11-12)16(23)13-4-5-14(18)15(9-13)22-8-6-20-17(22)24;/h4-5,9,12,19H,2-3,6-8,10-11H2,1H3,(H,20,24);1H. The zero-order valence-electron chi connectivity index (χ0n) is 14.3. The lowest BCUT2D eigenvalue weighted by atomic mass is 9.97. The molecule has 2 heterocycles. The number of amides is 3. The topological polar surface area (TPSA) is 64.7 Å². The molecule has 138 valence electrons. The van der Waals surface area contributed by atoms with Crippen LogP contribution in [0.15, 0.2) is 18.2 Å². The van der Waals surface area contributed by atoms with E-state index < -0.39 is 0 Å². The van der Waals surface area contributed by atoms with Gasteiger partial charge in [0, 0.05) is 31.7 Å². The maximum atomic E-state index is 12.9. The molecule has 2 fully saturated rings. The molecule has 0 bridgehead atoms. The van der Waals surface area contributed by atoms with E-state index >= 15 is 0 Å². The number of hydrogen-bond acceptors (Lipinski definition) is 3. The first-order chi connectivity index (χ1) is 11.6. The third-order valence-corrected chi connectivity index (χ3v) is 4.96. The van der Waals surface area contributed by atoms with Crippen molar-refractivity contribution in [3.63, 3.8) is 0 Å². The molecule has 0 aromatic heterocycles. The molecule has 0 aliphatic carbocycles. The second-order valence-electron chi connectivity index (χ2n) is 6.37. The molecule has 0 saturated carbocycles. The van der Waals surface area contributed by atoms with E-state index in [2.05, 4.69) is 10.6 Å². The van der Waals surface area contributed by atoms with Crippen LogP contribution >= 0.6 is 24.0 Å². The Kier molecular flexibility index (Phi) is 6.93. The van der Waals surface area contributed by atoms with Crippen LogP contribution in [0.4, 0.5) is 10.5 Å². The van der Waals surface area contributed by atoms with E-state index in [0.29, 0.717) is 35.3 Å². The van der Waals surface area contributed by atoms with Crippen molar-refractivity contribution in [2.75, 3.05) is 44.7 Å². The Morgan fingerprint density at radius 1 is 1.40 bits per heavy atom. The van der Waals surface area contributed by atoms with Crippen molar-refractivity contribution in [1.82, 2.24) is 15.5 Å². The molecule has 0 spiro atoms. The van der Waals surface area contributed by atoms with Gasteiger partial charge in [0.15, 0.2) is 0 Å². The highest BCUT2D eigenvalue weighted by Gasteiger charge is 2.27. The predicted molar refractivity (Wildman–Crippen MR) is 102 cm³/mol. The molecule has 3 amide bonds. The van der Waals surface area contributed by atoms with E-state index in [0.717, 1.165) is 32.5 Å². The Hall–Kier alpha value is -1.50. The fourth-order valence-electron chi connectivity index (χ4n) is 3.44. The van der Waals surface area contributed by atoms with Gasteiger partial charge in [-0.1, -0.05) is 11.6 Å². The number of urea groups is 1. The monoisotopic (exact) mass is 386 g/mol. The summed E-state index contributed by atoms with van der Waals surface area (Å²) in [5.41, 5.74) is 1.18. The van der Waals surface area contributed by atoms with Crippen LogP contribution in [0.25, 0.3) is 0 Å². The summed E-state index contributed by atoms with van der Waals surface area (Å²) in [6, 6.07) is 5.00. The number of nitrogens with zero attached hydrogens (tertiary/aromatic N) is 2. The van der Waals surface area contributed by atoms with Gasteiger partial charge in [0.05, 0.1) is 10.7 Å². The number of carbonyl (C=O) groups is 2. The molecule has 2 aliphatic rings. The Labute approximate surface area is 159 Å². The van der Waals surface area contributed by atoms with E-state index in [1.165, 1.54) is 0 Å². The van der Waals surface area contributed by atoms with Gasteiger partial charge >= 0.3 is 6.03 Å². The van der Waals surface area contributed by atoms with Crippen LogP contribution in [0.3, 0.4) is 0 Å². The van der Waals surface area contributed by atoms with Crippen LogP contribution < -0.4 is 15.5 Å². The summed E-state index contributed by atoms with van der Waals surface area (Å²) >= 11 is 6.24. The predicted octanol–water partition coefficient (Wildman–Crippen LogP) is 2.36. The number of carbonyl (C=O) groups excluding carboxylic acids is 2. The number of nitrogens with one attached hydrogen (secondary N) is 2. The molecule has 2 aliphatic heterocycles. The van der Waals surface area contributed by atoms with E-state index in [9.17, 15) is 9.59 Å². The summed E-state index contributed by atoms with van der Waals surface area (Å²) in [5, 5.41) is 6.42. The number of anilines is 1. The van der Waals surface area contributed by atoms with Crippen LogP contribution in [0.2, 0.25) is 5.02 Å². The van der Waals surface area contributed by atoms with Crippen LogP contribution in [-0.4, -0.2) is 56.6 Å². The number of rotatable bonds is 4. The van der Waals surface area contributed by atoms with Crippen molar-refractivity contribution in [2.45, 2.75) is 12.8 Å². The lowest BCUT2D eigenvalue weighted by molar-refractivity contribution is 0.0674. The van der Waals surface area contributed by atoms with Crippen LogP contribution in [-0.2, 0) is 0 Å². The van der Waals surface area contributed by atoms with Crippen LogP contribution in [0, 0.1) is 5.92 Å². The Bertz CT molecular complexity index is 639. The average Bonchev–Trinajstić information content (AvgIpc) is 3.01. The van der Waals surface area contributed by atoms with Crippen molar-refractivity contribution in [1.29, 1.82) is 0 Å². The Balaban J connectivity index is 0.00000225. The van der Waals surface area contributed by atoms with Crippen LogP contribution in [0.1, 0.15) is 23.2 Å². The normalized spacial score (nSPS) is 20.2. The minimum Gasteiger partial charge on any atom is -0.338 e. The quantitative estimate of drug-likeness (QED) is 0.834. The average molecular weight is 387 g/mol. The second kappa shape index (κ2) is 8.74. The first kappa shape index (κ1) is 19.8. The molecule has 2 saturated heterocycles. The van der Waals surface area contributed by atoms with Gasteiger partial charge in [0.2, 0.25) is 0 Å². The summed E-state index contributed by atoms with van der Waals surface area (Å²) in [6.07, 6.45) is 2.16. The second-order valence-corrected chi connectivity index (χ2v) is 6.77. The highest BCUT2D eigenvalue weighted by Crippen LogP contribution is 2.29. The minimum atomic E-state index is -0.173. The molecular formula is C17H24Cl2N4O2. The first-order valence-electron chi connectivity index (χ1n) is 8.39. The lowest BCUT2D eigenvalue weighted by Gasteiger charge is -2.33. The molecule has 1 aromatic rings. The summed E-state index contributed by atoms with van der Waals surface area (Å²) in [7, 11) is 1.94. The number of piperidine rings is 1. The van der Waals surface area contributed by atoms with Gasteiger partial charge in [-0.25, -0.2) is 4.79 Å². The van der Waals surface area contributed by atoms with Gasteiger partial charge in [-0.2, -0.15) is 0 Å². The maximum Gasteiger partial charge on any atom is 0.322 e. The molecule has 8 heteroatoms. The molecule has 1 aromatic carbocycles. The number of likely N-dealkylation sites (tertiary alicyclic amines) is 1. The summed E-state index contributed by atoms with van der Waals surface area (Å²) < 4.78 is 0. The fraction of sp³-hybridized carbons (Fsp3) is 0.529. The van der Waals surface area contributed by atoms with E-state index in [4.69, 9.17) is 11.6 Å². The summed E-state index contributed by atoms with van der Waals surface area (Å²) in [5.74, 6) is 0.497. The smallest absolute Gasteiger partial charge is 0.322 e. The highest BCUT2D eigenvalue weighted by molar-refractivity contribution is 6.34. The van der Waals surface area contributed by atoms with Crippen molar-refractivity contribution >= 4 is 41.6 Å². The third kappa shape index (κ3) is 4.37. The minimum absolute atomic E-state index is 0. The highest BCUT2D eigenvalue weighted by atomic mass is 35.5. The SMILES string of the molecule is CNCC1CCCN(C(=O)c2ccc(Cl)c(N3CCNC3=O)c2)C1.Cl. The fourth-order valence-corrected chi connectivity index (χ4v) is 3.66. The molecule has 6 nitrogen and oxygen atoms in total. The zero-order valence-corrected chi connectivity index (χ0v) is 15.8. The van der Waals surface area contributed by atoms with Gasteiger partial charge in [-0.3, -0.25) is 9.69 Å². The van der Waals surface area contributed by atoms with Gasteiger partial charge in [0.1, 0.15) is 0 Å². The van der Waals surface area contributed by atoms with Crippen molar-refractivity contribution in [3.05, 3.63) is 28.8 Å². The van der Waals surface area contributed by atoms with E-state index in [1.54, 1.807) is 23.1 Å². The number of halogens is 2. The number of benzene rings is 1. The largest absolute Gasteiger partial charge is 0.338 e.